The van der Waals surface area contributed by atoms with E-state index >= 15 is 0 Å². The highest BCUT2D eigenvalue weighted by Gasteiger charge is 2.16. The third-order valence-corrected chi connectivity index (χ3v) is 4.09. The van der Waals surface area contributed by atoms with Gasteiger partial charge < -0.3 is 5.32 Å². The number of rotatable bonds is 4. The van der Waals surface area contributed by atoms with Crippen molar-refractivity contribution in [3.63, 3.8) is 0 Å². The molecule has 0 aliphatic heterocycles. The Morgan fingerprint density at radius 1 is 1.16 bits per heavy atom. The highest BCUT2D eigenvalue weighted by molar-refractivity contribution is 9.10. The third-order valence-electron chi connectivity index (χ3n) is 3.23. The Bertz CT molecular complexity index is 551. The van der Waals surface area contributed by atoms with Gasteiger partial charge in [0.1, 0.15) is 5.82 Å². The van der Waals surface area contributed by atoms with Crippen molar-refractivity contribution in [2.45, 2.75) is 19.9 Å². The molecule has 0 spiro atoms. The van der Waals surface area contributed by atoms with Crippen molar-refractivity contribution in [2.75, 3.05) is 6.54 Å². The lowest BCUT2D eigenvalue weighted by molar-refractivity contribution is 0.612. The van der Waals surface area contributed by atoms with E-state index in [2.05, 4.69) is 41.2 Å². The van der Waals surface area contributed by atoms with E-state index < -0.39 is 0 Å². The standard InChI is InChI=1S/C16H17BrFN/c1-3-19-16(12-7-9-13(18)10-8-12)14-5-4-6-15(17)11(14)2/h4-10,16,19H,3H2,1-2H3. The van der Waals surface area contributed by atoms with E-state index in [1.54, 1.807) is 0 Å². The minimum absolute atomic E-state index is 0.0862. The molecule has 1 unspecified atom stereocenters. The van der Waals surface area contributed by atoms with Gasteiger partial charge >= 0.3 is 0 Å². The van der Waals surface area contributed by atoms with Crippen molar-refractivity contribution in [1.29, 1.82) is 0 Å². The largest absolute Gasteiger partial charge is 0.307 e. The summed E-state index contributed by atoms with van der Waals surface area (Å²) in [5, 5.41) is 3.46. The Labute approximate surface area is 122 Å². The van der Waals surface area contributed by atoms with Crippen LogP contribution in [0.2, 0.25) is 0 Å². The normalized spacial score (nSPS) is 12.4. The zero-order chi connectivity index (χ0) is 13.8. The van der Waals surface area contributed by atoms with Crippen molar-refractivity contribution in [2.24, 2.45) is 0 Å². The summed E-state index contributed by atoms with van der Waals surface area (Å²) >= 11 is 3.56. The molecule has 0 saturated heterocycles. The van der Waals surface area contributed by atoms with Crippen molar-refractivity contribution < 1.29 is 4.39 Å². The monoisotopic (exact) mass is 321 g/mol. The smallest absolute Gasteiger partial charge is 0.123 e. The molecule has 0 aliphatic carbocycles. The maximum atomic E-state index is 13.1. The van der Waals surface area contributed by atoms with Crippen LogP contribution in [-0.4, -0.2) is 6.54 Å². The van der Waals surface area contributed by atoms with Gasteiger partial charge in [0.2, 0.25) is 0 Å². The first-order valence-corrected chi connectivity index (χ1v) is 7.16. The van der Waals surface area contributed by atoms with Crippen LogP contribution < -0.4 is 5.32 Å². The maximum Gasteiger partial charge on any atom is 0.123 e. The number of halogens is 2. The molecule has 0 aromatic heterocycles. The molecule has 1 nitrogen and oxygen atoms in total. The summed E-state index contributed by atoms with van der Waals surface area (Å²) in [5.41, 5.74) is 3.49. The summed E-state index contributed by atoms with van der Waals surface area (Å²) in [6.45, 7) is 5.02. The quantitative estimate of drug-likeness (QED) is 0.868. The molecule has 0 heterocycles. The fourth-order valence-corrected chi connectivity index (χ4v) is 2.59. The van der Waals surface area contributed by atoms with Crippen LogP contribution in [0.5, 0.6) is 0 Å². The Kier molecular flexibility index (Phi) is 4.72. The maximum absolute atomic E-state index is 13.1. The van der Waals surface area contributed by atoms with E-state index in [-0.39, 0.29) is 11.9 Å². The predicted molar refractivity (Wildman–Crippen MR) is 80.8 cm³/mol. The molecule has 0 radical (unpaired) electrons. The molecule has 3 heteroatoms. The van der Waals surface area contributed by atoms with Crippen LogP contribution in [0.3, 0.4) is 0 Å². The summed E-state index contributed by atoms with van der Waals surface area (Å²) in [5.74, 6) is -0.204. The summed E-state index contributed by atoms with van der Waals surface area (Å²) in [7, 11) is 0. The molecule has 0 amide bonds. The Hall–Kier alpha value is -1.19. The molecule has 1 N–H and O–H groups in total. The second-order valence-corrected chi connectivity index (χ2v) is 5.35. The highest BCUT2D eigenvalue weighted by atomic mass is 79.9. The van der Waals surface area contributed by atoms with E-state index in [4.69, 9.17) is 0 Å². The van der Waals surface area contributed by atoms with Crippen molar-refractivity contribution in [3.05, 3.63) is 69.4 Å². The van der Waals surface area contributed by atoms with Gasteiger partial charge in [0.15, 0.2) is 0 Å². The van der Waals surface area contributed by atoms with E-state index in [0.717, 1.165) is 16.6 Å². The first-order chi connectivity index (χ1) is 9.13. The Morgan fingerprint density at radius 3 is 2.47 bits per heavy atom. The number of nitrogens with one attached hydrogen (secondary N) is 1. The van der Waals surface area contributed by atoms with Gasteiger partial charge in [0.05, 0.1) is 6.04 Å². The van der Waals surface area contributed by atoms with E-state index in [9.17, 15) is 4.39 Å². The first-order valence-electron chi connectivity index (χ1n) is 6.37. The molecule has 0 saturated carbocycles. The zero-order valence-electron chi connectivity index (χ0n) is 11.1. The lowest BCUT2D eigenvalue weighted by Crippen LogP contribution is -2.22. The number of hydrogen-bond donors (Lipinski definition) is 1. The van der Waals surface area contributed by atoms with Gasteiger partial charge in [0, 0.05) is 4.47 Å². The van der Waals surface area contributed by atoms with Crippen LogP contribution in [0.1, 0.15) is 29.7 Å². The minimum Gasteiger partial charge on any atom is -0.307 e. The van der Waals surface area contributed by atoms with Gasteiger partial charge in [-0.3, -0.25) is 0 Å². The van der Waals surface area contributed by atoms with E-state index in [1.165, 1.54) is 23.3 Å². The zero-order valence-corrected chi connectivity index (χ0v) is 12.7. The van der Waals surface area contributed by atoms with Gasteiger partial charge in [-0.25, -0.2) is 4.39 Å². The molecule has 0 aliphatic rings. The van der Waals surface area contributed by atoms with Crippen LogP contribution >= 0.6 is 15.9 Å². The van der Waals surface area contributed by atoms with E-state index in [1.807, 2.05) is 24.3 Å². The Morgan fingerprint density at radius 2 is 1.84 bits per heavy atom. The van der Waals surface area contributed by atoms with Crippen LogP contribution in [0.4, 0.5) is 4.39 Å². The molecule has 2 aromatic carbocycles. The van der Waals surface area contributed by atoms with Crippen LogP contribution in [0, 0.1) is 12.7 Å². The summed E-state index contributed by atoms with van der Waals surface area (Å²) < 4.78 is 14.1. The Balaban J connectivity index is 2.45. The highest BCUT2D eigenvalue weighted by Crippen LogP contribution is 2.29. The van der Waals surface area contributed by atoms with Crippen LogP contribution in [0.15, 0.2) is 46.9 Å². The molecule has 0 bridgehead atoms. The third kappa shape index (κ3) is 3.23. The first kappa shape index (κ1) is 14.2. The van der Waals surface area contributed by atoms with Crippen LogP contribution in [-0.2, 0) is 0 Å². The van der Waals surface area contributed by atoms with Gasteiger partial charge in [-0.2, -0.15) is 0 Å². The number of benzene rings is 2. The van der Waals surface area contributed by atoms with Crippen LogP contribution in [0.25, 0.3) is 0 Å². The summed E-state index contributed by atoms with van der Waals surface area (Å²) in [4.78, 5) is 0. The van der Waals surface area contributed by atoms with Crippen molar-refractivity contribution >= 4 is 15.9 Å². The van der Waals surface area contributed by atoms with Gasteiger partial charge in [-0.05, 0) is 48.4 Å². The molecule has 100 valence electrons. The predicted octanol–water partition coefficient (Wildman–Crippen LogP) is 4.60. The van der Waals surface area contributed by atoms with E-state index in [0.29, 0.717) is 0 Å². The van der Waals surface area contributed by atoms with Crippen molar-refractivity contribution in [3.8, 4) is 0 Å². The lowest BCUT2D eigenvalue weighted by Gasteiger charge is -2.21. The molecule has 0 fully saturated rings. The number of hydrogen-bond acceptors (Lipinski definition) is 1. The summed E-state index contributed by atoms with van der Waals surface area (Å²) in [6.07, 6.45) is 0. The molecule has 1 atom stereocenters. The molecular formula is C16H17BrFN. The average Bonchev–Trinajstić information content (AvgIpc) is 2.41. The fraction of sp³-hybridized carbons (Fsp3) is 0.250. The van der Waals surface area contributed by atoms with Crippen molar-refractivity contribution in [1.82, 2.24) is 5.32 Å². The lowest BCUT2D eigenvalue weighted by atomic mass is 9.95. The molecule has 2 aromatic rings. The molecule has 19 heavy (non-hydrogen) atoms. The second kappa shape index (κ2) is 6.31. The second-order valence-electron chi connectivity index (χ2n) is 4.50. The van der Waals surface area contributed by atoms with Gasteiger partial charge in [-0.15, -0.1) is 0 Å². The average molecular weight is 322 g/mol. The summed E-state index contributed by atoms with van der Waals surface area (Å²) in [6, 6.07) is 12.9. The van der Waals surface area contributed by atoms with Gasteiger partial charge in [-0.1, -0.05) is 47.1 Å². The van der Waals surface area contributed by atoms with Gasteiger partial charge in [0.25, 0.3) is 0 Å². The SMILES string of the molecule is CCNC(c1ccc(F)cc1)c1cccc(Br)c1C. The minimum atomic E-state index is -0.204. The fourth-order valence-electron chi connectivity index (χ4n) is 2.20. The molecular weight excluding hydrogens is 305 g/mol. The molecule has 2 rings (SSSR count). The topological polar surface area (TPSA) is 12.0 Å².